The quantitative estimate of drug-likeness (QED) is 0.819. The van der Waals surface area contributed by atoms with E-state index in [9.17, 15) is 0 Å². The van der Waals surface area contributed by atoms with E-state index >= 15 is 0 Å². The van der Waals surface area contributed by atoms with E-state index in [2.05, 4.69) is 14.8 Å². The average molecular weight is 248 g/mol. The van der Waals surface area contributed by atoms with Gasteiger partial charge in [0.1, 0.15) is 5.02 Å². The van der Waals surface area contributed by atoms with Gasteiger partial charge in [0.2, 0.25) is 0 Å². The Morgan fingerprint density at radius 3 is 2.86 bits per heavy atom. The van der Waals surface area contributed by atoms with Crippen LogP contribution in [0.3, 0.4) is 0 Å². The molecule has 0 aliphatic rings. The summed E-state index contributed by atoms with van der Waals surface area (Å²) in [6.07, 6.45) is 0. The lowest BCUT2D eigenvalue weighted by molar-refractivity contribution is 0.473. The molecule has 0 N–H and O–H groups in total. The smallest absolute Gasteiger partial charge is 0.319 e. The summed E-state index contributed by atoms with van der Waals surface area (Å²) in [4.78, 5) is 0. The summed E-state index contributed by atoms with van der Waals surface area (Å²) in [6, 6.07) is 5.10. The van der Waals surface area contributed by atoms with Gasteiger partial charge in [0.15, 0.2) is 5.75 Å². The van der Waals surface area contributed by atoms with Crippen molar-refractivity contribution in [2.24, 2.45) is 0 Å². The number of rotatable bonds is 2. The van der Waals surface area contributed by atoms with Crippen molar-refractivity contribution in [1.29, 1.82) is 0 Å². The molecule has 1 heterocycles. The molecule has 72 valence electrons. The van der Waals surface area contributed by atoms with E-state index < -0.39 is 0 Å². The van der Waals surface area contributed by atoms with Crippen LogP contribution in [0.2, 0.25) is 10.0 Å². The standard InChI is InChI=1S/C7H3Cl2N3OS/c8-4-2-1-3-5(6(4)9)13-7-10-11-12-14-7/h1-3H. The van der Waals surface area contributed by atoms with Crippen LogP contribution in [0.25, 0.3) is 0 Å². The predicted octanol–water partition coefficient (Wildman–Crippen LogP) is 3.03. The Morgan fingerprint density at radius 2 is 2.14 bits per heavy atom. The van der Waals surface area contributed by atoms with Gasteiger partial charge in [-0.25, -0.2) is 0 Å². The molecule has 0 spiro atoms. The molecule has 0 unspecified atom stereocenters. The lowest BCUT2D eigenvalue weighted by Gasteiger charge is -2.03. The first-order chi connectivity index (χ1) is 6.77. The molecule has 0 amide bonds. The monoisotopic (exact) mass is 247 g/mol. The first kappa shape index (κ1) is 9.64. The molecule has 2 aromatic rings. The van der Waals surface area contributed by atoms with Crippen molar-refractivity contribution in [3.63, 3.8) is 0 Å². The minimum absolute atomic E-state index is 0.328. The van der Waals surface area contributed by atoms with Gasteiger partial charge in [-0.15, -0.1) is 0 Å². The minimum Gasteiger partial charge on any atom is -0.427 e. The van der Waals surface area contributed by atoms with Crippen LogP contribution >= 0.6 is 34.7 Å². The highest BCUT2D eigenvalue weighted by Gasteiger charge is 2.08. The number of hydrogen-bond donors (Lipinski definition) is 0. The summed E-state index contributed by atoms with van der Waals surface area (Å²) in [5.74, 6) is 0.442. The normalized spacial score (nSPS) is 10.1. The molecule has 0 atom stereocenters. The zero-order chi connectivity index (χ0) is 9.97. The topological polar surface area (TPSA) is 47.9 Å². The molecule has 0 saturated heterocycles. The van der Waals surface area contributed by atoms with Gasteiger partial charge in [0, 0.05) is 11.5 Å². The zero-order valence-corrected chi connectivity index (χ0v) is 8.97. The van der Waals surface area contributed by atoms with Gasteiger partial charge < -0.3 is 4.74 Å². The van der Waals surface area contributed by atoms with Gasteiger partial charge in [0.05, 0.1) is 5.02 Å². The molecule has 0 fully saturated rings. The molecule has 1 aromatic carbocycles. The van der Waals surface area contributed by atoms with Crippen LogP contribution in [-0.4, -0.2) is 14.8 Å². The SMILES string of the molecule is Clc1cccc(Oc2nnns2)c1Cl. The Kier molecular flexibility index (Phi) is 2.81. The van der Waals surface area contributed by atoms with Gasteiger partial charge in [0.25, 0.3) is 0 Å². The van der Waals surface area contributed by atoms with Gasteiger partial charge in [-0.3, -0.25) is 0 Å². The van der Waals surface area contributed by atoms with E-state index in [1.54, 1.807) is 18.2 Å². The molecule has 2 rings (SSSR count). The Morgan fingerprint density at radius 1 is 1.29 bits per heavy atom. The van der Waals surface area contributed by atoms with Crippen molar-refractivity contribution in [3.8, 4) is 10.9 Å². The summed E-state index contributed by atoms with van der Waals surface area (Å²) in [7, 11) is 0. The number of hydrogen-bond acceptors (Lipinski definition) is 5. The predicted molar refractivity (Wildman–Crippen MR) is 54.2 cm³/mol. The van der Waals surface area contributed by atoms with E-state index in [1.165, 1.54) is 0 Å². The number of halogens is 2. The lowest BCUT2D eigenvalue weighted by atomic mass is 10.3. The second-order valence-corrected chi connectivity index (χ2v) is 3.76. The van der Waals surface area contributed by atoms with E-state index in [4.69, 9.17) is 27.9 Å². The molecule has 0 aliphatic carbocycles. The average Bonchev–Trinajstić information content (AvgIpc) is 2.66. The molecule has 14 heavy (non-hydrogen) atoms. The highest BCUT2D eigenvalue weighted by molar-refractivity contribution is 7.07. The second kappa shape index (κ2) is 4.08. The summed E-state index contributed by atoms with van der Waals surface area (Å²) in [5, 5.41) is 8.11. The van der Waals surface area contributed by atoms with Crippen molar-refractivity contribution < 1.29 is 4.74 Å². The molecule has 0 saturated carbocycles. The Hall–Kier alpha value is -0.910. The third-order valence-corrected chi connectivity index (χ3v) is 2.67. The zero-order valence-electron chi connectivity index (χ0n) is 6.65. The van der Waals surface area contributed by atoms with Gasteiger partial charge in [-0.2, -0.15) is 0 Å². The Labute approximate surface area is 93.6 Å². The van der Waals surface area contributed by atoms with E-state index in [-0.39, 0.29) is 0 Å². The molecule has 0 radical (unpaired) electrons. The van der Waals surface area contributed by atoms with Crippen molar-refractivity contribution in [2.45, 2.75) is 0 Å². The van der Waals surface area contributed by atoms with Crippen LogP contribution in [0.5, 0.6) is 10.9 Å². The maximum atomic E-state index is 5.89. The molecule has 7 heteroatoms. The lowest BCUT2D eigenvalue weighted by Crippen LogP contribution is -1.84. The van der Waals surface area contributed by atoms with Crippen molar-refractivity contribution >= 4 is 34.7 Å². The van der Waals surface area contributed by atoms with Crippen LogP contribution in [-0.2, 0) is 0 Å². The number of benzene rings is 1. The summed E-state index contributed by atoms with van der Waals surface area (Å²) in [5.41, 5.74) is 0. The first-order valence-electron chi connectivity index (χ1n) is 3.54. The number of nitrogens with zero attached hydrogens (tertiary/aromatic N) is 3. The van der Waals surface area contributed by atoms with Gasteiger partial charge in [-0.05, 0) is 17.3 Å². The van der Waals surface area contributed by atoms with E-state index in [0.717, 1.165) is 11.5 Å². The van der Waals surface area contributed by atoms with E-state index in [0.29, 0.717) is 21.0 Å². The van der Waals surface area contributed by atoms with Crippen molar-refractivity contribution in [3.05, 3.63) is 28.2 Å². The highest BCUT2D eigenvalue weighted by Crippen LogP contribution is 2.34. The van der Waals surface area contributed by atoms with Gasteiger partial charge >= 0.3 is 5.19 Å². The number of aromatic nitrogens is 3. The fourth-order valence-corrected chi connectivity index (χ4v) is 1.50. The van der Waals surface area contributed by atoms with Crippen LogP contribution in [0, 0.1) is 0 Å². The molecular formula is C7H3Cl2N3OS. The summed E-state index contributed by atoms with van der Waals surface area (Å²) >= 11 is 12.7. The molecular weight excluding hydrogens is 245 g/mol. The van der Waals surface area contributed by atoms with Crippen LogP contribution in [0.1, 0.15) is 0 Å². The molecule has 0 bridgehead atoms. The van der Waals surface area contributed by atoms with E-state index in [1.807, 2.05) is 0 Å². The molecule has 0 aliphatic heterocycles. The fourth-order valence-electron chi connectivity index (χ4n) is 0.822. The largest absolute Gasteiger partial charge is 0.427 e. The Balaban J connectivity index is 2.29. The third kappa shape index (κ3) is 1.95. The summed E-state index contributed by atoms with van der Waals surface area (Å²) in [6.45, 7) is 0. The van der Waals surface area contributed by atoms with Crippen LogP contribution < -0.4 is 4.74 Å². The molecule has 1 aromatic heterocycles. The maximum absolute atomic E-state index is 5.89. The first-order valence-corrected chi connectivity index (χ1v) is 5.07. The van der Waals surface area contributed by atoms with Crippen LogP contribution in [0.4, 0.5) is 0 Å². The fraction of sp³-hybridized carbons (Fsp3) is 0. The number of ether oxygens (including phenoxy) is 1. The van der Waals surface area contributed by atoms with Crippen molar-refractivity contribution in [1.82, 2.24) is 14.8 Å². The van der Waals surface area contributed by atoms with Gasteiger partial charge in [-0.1, -0.05) is 38.9 Å². The Bertz CT molecular complexity index is 435. The minimum atomic E-state index is 0.328. The maximum Gasteiger partial charge on any atom is 0.319 e. The van der Waals surface area contributed by atoms with Crippen LogP contribution in [0.15, 0.2) is 18.2 Å². The second-order valence-electron chi connectivity index (χ2n) is 2.28. The third-order valence-electron chi connectivity index (χ3n) is 1.40. The van der Waals surface area contributed by atoms with Crippen molar-refractivity contribution in [2.75, 3.05) is 0 Å². The highest BCUT2D eigenvalue weighted by atomic mass is 35.5. The summed E-state index contributed by atoms with van der Waals surface area (Å²) < 4.78 is 8.85. The molecule has 4 nitrogen and oxygen atoms in total.